The van der Waals surface area contributed by atoms with E-state index in [1.807, 2.05) is 6.26 Å². The van der Waals surface area contributed by atoms with E-state index in [2.05, 4.69) is 0 Å². The van der Waals surface area contributed by atoms with Gasteiger partial charge in [-0.2, -0.15) is 24.9 Å². The number of carbonyl (C=O) groups is 1. The van der Waals surface area contributed by atoms with Crippen LogP contribution in [-0.4, -0.2) is 40.6 Å². The molecule has 2 nitrogen and oxygen atoms in total. The van der Waals surface area contributed by atoms with E-state index in [0.717, 1.165) is 17.7 Å². The van der Waals surface area contributed by atoms with Crippen LogP contribution in [-0.2, 0) is 4.79 Å². The summed E-state index contributed by atoms with van der Waals surface area (Å²) in [6.07, 6.45) is 0.129. The molecule has 2 aliphatic rings. The van der Waals surface area contributed by atoms with E-state index in [9.17, 15) is 18.0 Å². The smallest absolute Gasteiger partial charge is 0.329 e. The maximum absolute atomic E-state index is 12.4. The van der Waals surface area contributed by atoms with E-state index in [1.165, 1.54) is 0 Å². The van der Waals surface area contributed by atoms with Crippen LogP contribution >= 0.6 is 11.8 Å². The van der Waals surface area contributed by atoms with Crippen LogP contribution < -0.4 is 0 Å². The summed E-state index contributed by atoms with van der Waals surface area (Å²) >= 11 is 1.70. The molecule has 6 heteroatoms. The summed E-state index contributed by atoms with van der Waals surface area (Å²) in [7, 11) is 0. The van der Waals surface area contributed by atoms with Gasteiger partial charge in [0.25, 0.3) is 0 Å². The Hall–Kier alpha value is -0.390. The lowest BCUT2D eigenvalue weighted by Gasteiger charge is -2.38. The highest BCUT2D eigenvalue weighted by Gasteiger charge is 2.51. The van der Waals surface area contributed by atoms with Crippen molar-refractivity contribution in [2.24, 2.45) is 0 Å². The largest absolute Gasteiger partial charge is 0.471 e. The van der Waals surface area contributed by atoms with Gasteiger partial charge < -0.3 is 4.90 Å². The number of amides is 1. The number of alkyl halides is 3. The molecule has 2 rings (SSSR count). The quantitative estimate of drug-likeness (QED) is 0.715. The van der Waals surface area contributed by atoms with Gasteiger partial charge in [-0.15, -0.1) is 0 Å². The highest BCUT2D eigenvalue weighted by atomic mass is 32.2. The first-order valence-electron chi connectivity index (χ1n) is 5.35. The van der Waals surface area contributed by atoms with Gasteiger partial charge in [-0.25, -0.2) is 0 Å². The van der Waals surface area contributed by atoms with Gasteiger partial charge in [0.15, 0.2) is 0 Å². The number of halogens is 3. The van der Waals surface area contributed by atoms with Crippen LogP contribution in [0.1, 0.15) is 25.7 Å². The van der Waals surface area contributed by atoms with Gasteiger partial charge in [0.05, 0.1) is 0 Å². The molecule has 92 valence electrons. The van der Waals surface area contributed by atoms with Gasteiger partial charge >= 0.3 is 12.1 Å². The van der Waals surface area contributed by atoms with E-state index in [-0.39, 0.29) is 12.1 Å². The predicted molar refractivity (Wildman–Crippen MR) is 56.2 cm³/mol. The summed E-state index contributed by atoms with van der Waals surface area (Å²) in [6, 6.07) is -0.379. The van der Waals surface area contributed by atoms with Gasteiger partial charge in [-0.3, -0.25) is 4.79 Å². The van der Waals surface area contributed by atoms with Crippen LogP contribution in [0.3, 0.4) is 0 Å². The summed E-state index contributed by atoms with van der Waals surface area (Å²) in [5.41, 5.74) is 0. The van der Waals surface area contributed by atoms with Crippen LogP contribution in [0, 0.1) is 0 Å². The molecule has 1 amide bonds. The van der Waals surface area contributed by atoms with Gasteiger partial charge in [0.1, 0.15) is 0 Å². The SMILES string of the molecule is CSC1CC2CCC(C1)N2C(=O)C(F)(F)F. The zero-order valence-corrected chi connectivity index (χ0v) is 9.77. The van der Waals surface area contributed by atoms with Gasteiger partial charge in [0.2, 0.25) is 0 Å². The van der Waals surface area contributed by atoms with E-state index in [1.54, 1.807) is 11.8 Å². The summed E-state index contributed by atoms with van der Waals surface area (Å²) in [5.74, 6) is -1.64. The molecule has 2 unspecified atom stereocenters. The third kappa shape index (κ3) is 2.04. The molecule has 2 aliphatic heterocycles. The van der Waals surface area contributed by atoms with Gasteiger partial charge in [0, 0.05) is 17.3 Å². The number of carbonyl (C=O) groups excluding carboxylic acids is 1. The molecule has 0 radical (unpaired) electrons. The predicted octanol–water partition coefficient (Wildman–Crippen LogP) is 2.43. The minimum atomic E-state index is -4.72. The molecular weight excluding hydrogens is 239 g/mol. The minimum absolute atomic E-state index is 0.190. The second-order valence-corrected chi connectivity index (χ2v) is 5.56. The van der Waals surface area contributed by atoms with E-state index in [0.29, 0.717) is 18.1 Å². The van der Waals surface area contributed by atoms with Crippen molar-refractivity contribution in [3.05, 3.63) is 0 Å². The summed E-state index contributed by atoms with van der Waals surface area (Å²) < 4.78 is 37.2. The van der Waals surface area contributed by atoms with Crippen molar-refractivity contribution in [2.75, 3.05) is 6.26 Å². The Morgan fingerprint density at radius 2 is 1.75 bits per heavy atom. The Morgan fingerprint density at radius 1 is 1.25 bits per heavy atom. The fourth-order valence-corrected chi connectivity index (χ4v) is 3.63. The Balaban J connectivity index is 2.12. The van der Waals surface area contributed by atoms with Crippen molar-refractivity contribution in [3.63, 3.8) is 0 Å². The van der Waals surface area contributed by atoms with E-state index < -0.39 is 12.1 Å². The van der Waals surface area contributed by atoms with Crippen LogP contribution in [0.15, 0.2) is 0 Å². The second kappa shape index (κ2) is 4.13. The Bertz CT molecular complexity index is 280. The lowest BCUT2D eigenvalue weighted by molar-refractivity contribution is -0.189. The monoisotopic (exact) mass is 253 g/mol. The molecule has 0 spiro atoms. The maximum Gasteiger partial charge on any atom is 0.471 e. The van der Waals surface area contributed by atoms with Gasteiger partial charge in [-0.05, 0) is 31.9 Å². The van der Waals surface area contributed by atoms with Crippen molar-refractivity contribution >= 4 is 17.7 Å². The van der Waals surface area contributed by atoms with Crippen LogP contribution in [0.5, 0.6) is 0 Å². The standard InChI is InChI=1S/C10H14F3NOS/c1-16-8-4-6-2-3-7(5-8)14(6)9(15)10(11,12)13/h6-8H,2-5H2,1H3. The van der Waals surface area contributed by atoms with Crippen LogP contribution in [0.4, 0.5) is 13.2 Å². The fraction of sp³-hybridized carbons (Fsp3) is 0.900. The van der Waals surface area contributed by atoms with Crippen molar-refractivity contribution in [2.45, 2.75) is 49.2 Å². The molecule has 0 aromatic heterocycles. The second-order valence-electron chi connectivity index (χ2n) is 4.42. The Morgan fingerprint density at radius 3 is 2.12 bits per heavy atom. The first kappa shape index (κ1) is 12.1. The number of nitrogens with zero attached hydrogens (tertiary/aromatic N) is 1. The first-order chi connectivity index (χ1) is 7.43. The van der Waals surface area contributed by atoms with Crippen molar-refractivity contribution in [1.82, 2.24) is 4.90 Å². The van der Waals surface area contributed by atoms with Crippen LogP contribution in [0.25, 0.3) is 0 Å². The molecule has 2 saturated heterocycles. The third-order valence-electron chi connectivity index (χ3n) is 3.50. The normalized spacial score (nSPS) is 34.2. The minimum Gasteiger partial charge on any atom is -0.329 e. The zero-order valence-electron chi connectivity index (χ0n) is 8.96. The topological polar surface area (TPSA) is 20.3 Å². The molecule has 0 N–H and O–H groups in total. The van der Waals surface area contributed by atoms with Crippen molar-refractivity contribution < 1.29 is 18.0 Å². The third-order valence-corrected chi connectivity index (χ3v) is 4.55. The lowest BCUT2D eigenvalue weighted by Crippen LogP contribution is -2.52. The first-order valence-corrected chi connectivity index (χ1v) is 6.64. The van der Waals surface area contributed by atoms with Crippen molar-refractivity contribution in [3.8, 4) is 0 Å². The number of piperidine rings is 1. The fourth-order valence-electron chi connectivity index (χ4n) is 2.80. The van der Waals surface area contributed by atoms with E-state index >= 15 is 0 Å². The number of hydrogen-bond acceptors (Lipinski definition) is 2. The summed E-state index contributed by atoms with van der Waals surface area (Å²) in [4.78, 5) is 12.4. The van der Waals surface area contributed by atoms with Crippen molar-refractivity contribution in [1.29, 1.82) is 0 Å². The summed E-state index contributed by atoms with van der Waals surface area (Å²) in [6.45, 7) is 0. The average Bonchev–Trinajstić information content (AvgIpc) is 2.46. The lowest BCUT2D eigenvalue weighted by atomic mass is 10.0. The summed E-state index contributed by atoms with van der Waals surface area (Å²) in [5, 5.41) is 0.412. The molecule has 0 aliphatic carbocycles. The highest BCUT2D eigenvalue weighted by molar-refractivity contribution is 7.99. The highest BCUT2D eigenvalue weighted by Crippen LogP contribution is 2.41. The number of thioether (sulfide) groups is 1. The number of rotatable bonds is 1. The number of fused-ring (bicyclic) bond motifs is 2. The average molecular weight is 253 g/mol. The molecule has 2 atom stereocenters. The number of hydrogen-bond donors (Lipinski definition) is 0. The molecule has 16 heavy (non-hydrogen) atoms. The Labute approximate surface area is 96.6 Å². The molecule has 0 saturated carbocycles. The van der Waals surface area contributed by atoms with Gasteiger partial charge in [-0.1, -0.05) is 0 Å². The Kier molecular flexibility index (Phi) is 3.11. The maximum atomic E-state index is 12.4. The zero-order chi connectivity index (χ0) is 11.9. The molecule has 0 aromatic rings. The molecule has 2 bridgehead atoms. The molecule has 2 fully saturated rings. The molecular formula is C10H14F3NOS. The van der Waals surface area contributed by atoms with Crippen LogP contribution in [0.2, 0.25) is 0 Å². The molecule has 2 heterocycles. The molecule has 0 aromatic carbocycles. The van der Waals surface area contributed by atoms with E-state index in [4.69, 9.17) is 0 Å².